The molecule has 1 aliphatic heterocycles. The SMILES string of the molecule is O[C@@H]1CCC[C@@H]2CCN(Cc3ccccc3)C[C@@H]21. The average Bonchev–Trinajstić information content (AvgIpc) is 2.41. The van der Waals surface area contributed by atoms with Crippen LogP contribution >= 0.6 is 0 Å². The number of likely N-dealkylation sites (tertiary alicyclic amines) is 1. The fraction of sp³-hybridized carbons (Fsp3) is 0.625. The lowest BCUT2D eigenvalue weighted by molar-refractivity contribution is -0.0196. The molecule has 1 aromatic carbocycles. The van der Waals surface area contributed by atoms with E-state index >= 15 is 0 Å². The maximum atomic E-state index is 10.2. The van der Waals surface area contributed by atoms with E-state index in [1.807, 2.05) is 0 Å². The van der Waals surface area contributed by atoms with Gasteiger partial charge in [-0.05, 0) is 37.3 Å². The van der Waals surface area contributed by atoms with E-state index in [0.717, 1.165) is 25.4 Å². The molecule has 2 nitrogen and oxygen atoms in total. The molecule has 2 fully saturated rings. The first-order valence-electron chi connectivity index (χ1n) is 7.27. The molecule has 1 saturated heterocycles. The fourth-order valence-electron chi connectivity index (χ4n) is 3.68. The number of benzene rings is 1. The van der Waals surface area contributed by atoms with Gasteiger partial charge in [-0.3, -0.25) is 4.90 Å². The largest absolute Gasteiger partial charge is 0.393 e. The van der Waals surface area contributed by atoms with Crippen LogP contribution in [0.2, 0.25) is 0 Å². The smallest absolute Gasteiger partial charge is 0.0583 e. The molecule has 2 aliphatic rings. The van der Waals surface area contributed by atoms with Crippen LogP contribution in [0.25, 0.3) is 0 Å². The number of aliphatic hydroxyl groups is 1. The highest BCUT2D eigenvalue weighted by molar-refractivity contribution is 5.14. The second kappa shape index (κ2) is 5.41. The molecule has 3 rings (SSSR count). The van der Waals surface area contributed by atoms with Gasteiger partial charge >= 0.3 is 0 Å². The zero-order valence-corrected chi connectivity index (χ0v) is 11.0. The molecule has 0 unspecified atom stereocenters. The van der Waals surface area contributed by atoms with E-state index in [2.05, 4.69) is 35.2 Å². The molecule has 0 aromatic heterocycles. The Hall–Kier alpha value is -0.860. The number of rotatable bonds is 2. The molecule has 0 bridgehead atoms. The quantitative estimate of drug-likeness (QED) is 0.866. The summed E-state index contributed by atoms with van der Waals surface area (Å²) in [4.78, 5) is 2.52. The summed E-state index contributed by atoms with van der Waals surface area (Å²) in [5, 5.41) is 10.2. The van der Waals surface area contributed by atoms with E-state index in [-0.39, 0.29) is 6.10 Å². The third-order valence-electron chi connectivity index (χ3n) is 4.71. The second-order valence-electron chi connectivity index (χ2n) is 5.93. The van der Waals surface area contributed by atoms with Crippen molar-refractivity contribution in [3.63, 3.8) is 0 Å². The van der Waals surface area contributed by atoms with E-state index in [1.54, 1.807) is 0 Å². The lowest BCUT2D eigenvalue weighted by Crippen LogP contribution is -2.46. The van der Waals surface area contributed by atoms with E-state index in [4.69, 9.17) is 0 Å². The minimum absolute atomic E-state index is 0.0534. The Morgan fingerprint density at radius 1 is 1.11 bits per heavy atom. The summed E-state index contributed by atoms with van der Waals surface area (Å²) in [5.74, 6) is 1.30. The van der Waals surface area contributed by atoms with Crippen LogP contribution in [0, 0.1) is 11.8 Å². The molecule has 1 aromatic rings. The Morgan fingerprint density at radius 3 is 2.78 bits per heavy atom. The molecule has 98 valence electrons. The molecular weight excluding hydrogens is 222 g/mol. The van der Waals surface area contributed by atoms with Gasteiger partial charge in [0.15, 0.2) is 0 Å². The first-order chi connectivity index (χ1) is 8.83. The predicted octanol–water partition coefficient (Wildman–Crippen LogP) is 2.67. The van der Waals surface area contributed by atoms with Crippen molar-refractivity contribution < 1.29 is 5.11 Å². The third kappa shape index (κ3) is 2.60. The van der Waals surface area contributed by atoms with Gasteiger partial charge in [0.2, 0.25) is 0 Å². The normalized spacial score (nSPS) is 33.1. The van der Waals surface area contributed by atoms with Crippen LogP contribution in [0.4, 0.5) is 0 Å². The zero-order valence-electron chi connectivity index (χ0n) is 11.0. The Labute approximate surface area is 110 Å². The molecule has 0 radical (unpaired) electrons. The molecule has 1 saturated carbocycles. The highest BCUT2D eigenvalue weighted by Gasteiger charge is 2.36. The van der Waals surface area contributed by atoms with Crippen molar-refractivity contribution in [2.75, 3.05) is 13.1 Å². The number of piperidine rings is 1. The van der Waals surface area contributed by atoms with Crippen molar-refractivity contribution in [2.24, 2.45) is 11.8 Å². The van der Waals surface area contributed by atoms with Gasteiger partial charge in [0.1, 0.15) is 0 Å². The van der Waals surface area contributed by atoms with Crippen molar-refractivity contribution in [1.82, 2.24) is 4.90 Å². The highest BCUT2D eigenvalue weighted by atomic mass is 16.3. The lowest BCUT2D eigenvalue weighted by Gasteiger charge is -2.43. The Balaban J connectivity index is 1.62. The zero-order chi connectivity index (χ0) is 12.4. The maximum Gasteiger partial charge on any atom is 0.0583 e. The minimum Gasteiger partial charge on any atom is -0.393 e. The van der Waals surface area contributed by atoms with Gasteiger partial charge in [-0.2, -0.15) is 0 Å². The summed E-state index contributed by atoms with van der Waals surface area (Å²) in [6.07, 6.45) is 4.79. The summed E-state index contributed by atoms with van der Waals surface area (Å²) in [6, 6.07) is 10.7. The minimum atomic E-state index is -0.0534. The monoisotopic (exact) mass is 245 g/mol. The van der Waals surface area contributed by atoms with Crippen LogP contribution in [0.3, 0.4) is 0 Å². The number of nitrogens with zero attached hydrogens (tertiary/aromatic N) is 1. The van der Waals surface area contributed by atoms with Crippen molar-refractivity contribution in [3.05, 3.63) is 35.9 Å². The van der Waals surface area contributed by atoms with Crippen LogP contribution in [-0.4, -0.2) is 29.2 Å². The van der Waals surface area contributed by atoms with Crippen LogP contribution in [0.1, 0.15) is 31.2 Å². The van der Waals surface area contributed by atoms with Gasteiger partial charge in [-0.25, -0.2) is 0 Å². The fourth-order valence-corrected chi connectivity index (χ4v) is 3.68. The summed E-state index contributed by atoms with van der Waals surface area (Å²) in [5.41, 5.74) is 1.39. The van der Waals surface area contributed by atoms with E-state index in [1.165, 1.54) is 31.4 Å². The topological polar surface area (TPSA) is 23.5 Å². The summed E-state index contributed by atoms with van der Waals surface area (Å²) in [7, 11) is 0. The number of fused-ring (bicyclic) bond motifs is 1. The van der Waals surface area contributed by atoms with Gasteiger partial charge in [0.25, 0.3) is 0 Å². The molecule has 18 heavy (non-hydrogen) atoms. The predicted molar refractivity (Wildman–Crippen MR) is 73.2 cm³/mol. The van der Waals surface area contributed by atoms with Gasteiger partial charge in [-0.1, -0.05) is 36.8 Å². The Kier molecular flexibility index (Phi) is 3.67. The highest BCUT2D eigenvalue weighted by Crippen LogP contribution is 2.36. The Morgan fingerprint density at radius 2 is 1.94 bits per heavy atom. The van der Waals surface area contributed by atoms with Gasteiger partial charge in [0, 0.05) is 19.0 Å². The first kappa shape index (κ1) is 12.2. The molecule has 0 spiro atoms. The summed E-state index contributed by atoms with van der Waals surface area (Å²) >= 11 is 0. The van der Waals surface area contributed by atoms with Crippen LogP contribution in [0.15, 0.2) is 30.3 Å². The van der Waals surface area contributed by atoms with Crippen LogP contribution < -0.4 is 0 Å². The van der Waals surface area contributed by atoms with E-state index in [0.29, 0.717) is 5.92 Å². The molecule has 1 aliphatic carbocycles. The molecule has 0 amide bonds. The molecular formula is C16H23NO. The van der Waals surface area contributed by atoms with E-state index in [9.17, 15) is 5.11 Å². The molecule has 1 heterocycles. The van der Waals surface area contributed by atoms with Crippen LogP contribution in [0.5, 0.6) is 0 Å². The Bertz CT molecular complexity index is 378. The number of hydrogen-bond donors (Lipinski definition) is 1. The van der Waals surface area contributed by atoms with Crippen molar-refractivity contribution in [2.45, 2.75) is 38.3 Å². The number of aliphatic hydroxyl groups excluding tert-OH is 1. The van der Waals surface area contributed by atoms with Crippen LogP contribution in [-0.2, 0) is 6.54 Å². The molecule has 3 atom stereocenters. The van der Waals surface area contributed by atoms with Crippen molar-refractivity contribution in [1.29, 1.82) is 0 Å². The molecule has 2 heteroatoms. The number of hydrogen-bond acceptors (Lipinski definition) is 2. The standard InChI is InChI=1S/C16H23NO/c18-16-8-4-7-14-9-10-17(12-15(14)16)11-13-5-2-1-3-6-13/h1-3,5-6,14-16,18H,4,7-12H2/t14-,15+,16-/m1/s1. The average molecular weight is 245 g/mol. The summed E-state index contributed by atoms with van der Waals surface area (Å²) in [6.45, 7) is 3.32. The van der Waals surface area contributed by atoms with Gasteiger partial charge < -0.3 is 5.11 Å². The first-order valence-corrected chi connectivity index (χ1v) is 7.27. The second-order valence-corrected chi connectivity index (χ2v) is 5.93. The third-order valence-corrected chi connectivity index (χ3v) is 4.71. The maximum absolute atomic E-state index is 10.2. The van der Waals surface area contributed by atoms with Gasteiger partial charge in [0.05, 0.1) is 6.10 Å². The van der Waals surface area contributed by atoms with Crippen molar-refractivity contribution >= 4 is 0 Å². The van der Waals surface area contributed by atoms with Gasteiger partial charge in [-0.15, -0.1) is 0 Å². The van der Waals surface area contributed by atoms with Crippen molar-refractivity contribution in [3.8, 4) is 0 Å². The lowest BCUT2D eigenvalue weighted by atomic mass is 9.73. The summed E-state index contributed by atoms with van der Waals surface area (Å²) < 4.78 is 0. The van der Waals surface area contributed by atoms with E-state index < -0.39 is 0 Å². The molecule has 1 N–H and O–H groups in total.